The Labute approximate surface area is 109 Å². The van der Waals surface area contributed by atoms with Gasteiger partial charge in [0, 0.05) is 6.07 Å². The van der Waals surface area contributed by atoms with Crippen LogP contribution in [0.3, 0.4) is 0 Å². The van der Waals surface area contributed by atoms with Crippen molar-refractivity contribution in [3.8, 4) is 5.75 Å². The van der Waals surface area contributed by atoms with Gasteiger partial charge in [0.1, 0.15) is 0 Å². The fourth-order valence-corrected chi connectivity index (χ4v) is 0.854. The smallest absolute Gasteiger partial charge is 0.486 e. The molecule has 1 aromatic rings. The average molecular weight is 317 g/mol. The first-order valence-electron chi connectivity index (χ1n) is 4.06. The molecule has 106 valence electrons. The summed E-state index contributed by atoms with van der Waals surface area (Å²) in [4.78, 5) is 33.8. The minimum atomic E-state index is -4.38. The van der Waals surface area contributed by atoms with Crippen LogP contribution in [0, 0.1) is 20.2 Å². The zero-order chi connectivity index (χ0) is 15.2. The van der Waals surface area contributed by atoms with Crippen molar-refractivity contribution < 1.29 is 33.4 Å². The highest BCUT2D eigenvalue weighted by molar-refractivity contribution is 7.47. The van der Waals surface area contributed by atoms with E-state index in [-0.39, 0.29) is 0 Å². The summed E-state index contributed by atoms with van der Waals surface area (Å²) >= 11 is 4.21. The number of phenolic OH excluding ortho intramolecular Hbond substituents is 1. The van der Waals surface area contributed by atoms with Gasteiger partial charge in [-0.25, -0.2) is 4.57 Å². The molecule has 0 aliphatic heterocycles. The minimum Gasteiger partial charge on any atom is -0.502 e. The summed E-state index contributed by atoms with van der Waals surface area (Å²) in [5, 5.41) is 29.5. The van der Waals surface area contributed by atoms with Gasteiger partial charge in [0.2, 0.25) is 5.75 Å². The summed E-state index contributed by atoms with van der Waals surface area (Å²) < 4.78 is 12.4. The maximum Gasteiger partial charge on any atom is 0.486 e. The highest BCUT2D eigenvalue weighted by Gasteiger charge is 2.27. The molecule has 0 aliphatic rings. The standard InChI is InChI=1S/C6H4N2O5.ClH2O4P/c9-5-3-1-2-4(7(10)11)6(5)8(12)13;1-5-6(2,3)4/h1-3,9H;(H2,2,3,4). The lowest BCUT2D eigenvalue weighted by molar-refractivity contribution is -0.423. The van der Waals surface area contributed by atoms with Crippen LogP contribution < -0.4 is 0 Å². The normalized spacial score (nSPS) is 10.3. The van der Waals surface area contributed by atoms with Crippen LogP contribution in [0.15, 0.2) is 18.2 Å². The Hall–Kier alpha value is -1.78. The molecule has 0 saturated carbocycles. The number of hydrogen-bond acceptors (Lipinski definition) is 7. The van der Waals surface area contributed by atoms with Crippen molar-refractivity contribution in [3.63, 3.8) is 0 Å². The van der Waals surface area contributed by atoms with Crippen molar-refractivity contribution in [1.29, 1.82) is 0 Å². The molecule has 0 spiro atoms. The van der Waals surface area contributed by atoms with Gasteiger partial charge >= 0.3 is 19.2 Å². The number of phosphoric acid groups is 1. The van der Waals surface area contributed by atoms with E-state index in [1.807, 2.05) is 0 Å². The molecule has 0 bridgehead atoms. The molecular formula is C6H6ClN2O9P. The van der Waals surface area contributed by atoms with E-state index in [4.69, 9.17) is 14.9 Å². The van der Waals surface area contributed by atoms with Crippen LogP contribution in [-0.2, 0) is 8.64 Å². The Morgan fingerprint density at radius 3 is 1.95 bits per heavy atom. The molecule has 0 heterocycles. The van der Waals surface area contributed by atoms with Crippen molar-refractivity contribution >= 4 is 31.1 Å². The van der Waals surface area contributed by atoms with Gasteiger partial charge in [-0.05, 0) is 6.07 Å². The summed E-state index contributed by atoms with van der Waals surface area (Å²) in [6.07, 6.45) is 0. The van der Waals surface area contributed by atoms with E-state index in [1.54, 1.807) is 0 Å². The molecule has 0 fully saturated rings. The van der Waals surface area contributed by atoms with Gasteiger partial charge in [-0.3, -0.25) is 20.2 Å². The molecule has 1 aromatic carbocycles. The van der Waals surface area contributed by atoms with Crippen molar-refractivity contribution in [2.75, 3.05) is 0 Å². The second kappa shape index (κ2) is 6.97. The van der Waals surface area contributed by atoms with Gasteiger partial charge in [-0.1, -0.05) is 6.07 Å². The lowest BCUT2D eigenvalue weighted by Crippen LogP contribution is -1.96. The predicted octanol–water partition coefficient (Wildman–Crippen LogP) is 1.46. The molecular weight excluding hydrogens is 310 g/mol. The summed E-state index contributed by atoms with van der Waals surface area (Å²) in [5.41, 5.74) is -1.60. The summed E-state index contributed by atoms with van der Waals surface area (Å²) in [6, 6.07) is 3.14. The van der Waals surface area contributed by atoms with Gasteiger partial charge in [0.05, 0.1) is 21.7 Å². The highest BCUT2D eigenvalue weighted by atomic mass is 35.5. The second-order valence-corrected chi connectivity index (χ2v) is 4.25. The van der Waals surface area contributed by atoms with Gasteiger partial charge < -0.3 is 14.9 Å². The van der Waals surface area contributed by atoms with E-state index < -0.39 is 34.8 Å². The van der Waals surface area contributed by atoms with E-state index in [2.05, 4.69) is 15.9 Å². The van der Waals surface area contributed by atoms with Gasteiger partial charge in [0.15, 0.2) is 0 Å². The Bertz CT molecular complexity index is 529. The van der Waals surface area contributed by atoms with Crippen LogP contribution in [-0.4, -0.2) is 24.7 Å². The SMILES string of the molecule is O=P(O)(O)OCl.O=[N+]([O-])c1cccc(O)c1[N+](=O)[O-]. The number of nitro groups is 2. The molecule has 1 rings (SSSR count). The molecule has 13 heteroatoms. The zero-order valence-corrected chi connectivity index (χ0v) is 10.4. The van der Waals surface area contributed by atoms with Crippen LogP contribution in [0.5, 0.6) is 5.75 Å². The molecule has 0 unspecified atom stereocenters. The first kappa shape index (κ1) is 17.2. The average Bonchev–Trinajstić information content (AvgIpc) is 2.27. The maximum atomic E-state index is 10.3. The van der Waals surface area contributed by atoms with E-state index in [1.165, 1.54) is 6.07 Å². The molecule has 0 aromatic heterocycles. The number of nitro benzene ring substituents is 2. The van der Waals surface area contributed by atoms with E-state index in [9.17, 15) is 24.8 Å². The summed E-state index contributed by atoms with van der Waals surface area (Å²) in [6.45, 7) is 0. The third-order valence-electron chi connectivity index (χ3n) is 1.46. The molecule has 0 aliphatic carbocycles. The quantitative estimate of drug-likeness (QED) is 0.423. The number of nitrogens with zero attached hydrogens (tertiary/aromatic N) is 2. The third kappa shape index (κ3) is 6.08. The number of benzene rings is 1. The lowest BCUT2D eigenvalue weighted by Gasteiger charge is -1.95. The van der Waals surface area contributed by atoms with Crippen LogP contribution in [0.1, 0.15) is 0 Å². The Kier molecular flexibility index (Phi) is 6.32. The Morgan fingerprint density at radius 2 is 1.68 bits per heavy atom. The van der Waals surface area contributed by atoms with E-state index in [0.717, 1.165) is 12.1 Å². The number of halogens is 1. The molecule has 0 saturated heterocycles. The fraction of sp³-hybridized carbons (Fsp3) is 0. The molecule has 3 N–H and O–H groups in total. The topological polar surface area (TPSA) is 173 Å². The molecule has 19 heavy (non-hydrogen) atoms. The van der Waals surface area contributed by atoms with Crippen molar-refractivity contribution in [2.24, 2.45) is 0 Å². The monoisotopic (exact) mass is 316 g/mol. The van der Waals surface area contributed by atoms with E-state index >= 15 is 0 Å². The van der Waals surface area contributed by atoms with E-state index in [0.29, 0.717) is 0 Å². The fourth-order valence-electron chi connectivity index (χ4n) is 0.854. The van der Waals surface area contributed by atoms with Crippen LogP contribution in [0.25, 0.3) is 0 Å². The molecule has 0 amide bonds. The Balaban J connectivity index is 0.000000459. The van der Waals surface area contributed by atoms with Crippen LogP contribution >= 0.6 is 19.7 Å². The zero-order valence-electron chi connectivity index (χ0n) is 8.74. The Morgan fingerprint density at radius 1 is 1.21 bits per heavy atom. The van der Waals surface area contributed by atoms with Crippen molar-refractivity contribution in [2.45, 2.75) is 0 Å². The minimum absolute atomic E-state index is 0.709. The number of aromatic hydroxyl groups is 1. The number of para-hydroxylation sites is 1. The summed E-state index contributed by atoms with van der Waals surface area (Å²) in [5.74, 6) is -0.709. The van der Waals surface area contributed by atoms with Crippen LogP contribution in [0.4, 0.5) is 11.4 Å². The second-order valence-electron chi connectivity index (χ2n) is 2.72. The van der Waals surface area contributed by atoms with Gasteiger partial charge in [0.25, 0.3) is 0 Å². The largest absolute Gasteiger partial charge is 0.502 e. The maximum absolute atomic E-state index is 10.3. The molecule has 0 atom stereocenters. The van der Waals surface area contributed by atoms with Crippen molar-refractivity contribution in [1.82, 2.24) is 0 Å². The number of phenols is 1. The number of hydrogen-bond donors (Lipinski definition) is 3. The lowest BCUT2D eigenvalue weighted by atomic mass is 10.2. The third-order valence-corrected chi connectivity index (χ3v) is 2.18. The predicted molar refractivity (Wildman–Crippen MR) is 60.4 cm³/mol. The first-order valence-corrected chi connectivity index (χ1v) is 5.90. The molecule has 0 radical (unpaired) electrons. The summed E-state index contributed by atoms with van der Waals surface area (Å²) in [7, 11) is -4.38. The number of rotatable bonds is 3. The van der Waals surface area contributed by atoms with Gasteiger partial charge in [-0.2, -0.15) is 4.08 Å². The highest BCUT2D eigenvalue weighted by Crippen LogP contribution is 2.37. The molecule has 11 nitrogen and oxygen atoms in total. The first-order chi connectivity index (χ1) is 8.60. The van der Waals surface area contributed by atoms with Gasteiger partial charge in [-0.15, -0.1) is 0 Å². The van der Waals surface area contributed by atoms with Crippen molar-refractivity contribution in [3.05, 3.63) is 38.4 Å². The van der Waals surface area contributed by atoms with Crippen LogP contribution in [0.2, 0.25) is 0 Å².